The van der Waals surface area contributed by atoms with E-state index in [4.69, 9.17) is 0 Å². The minimum absolute atomic E-state index is 0.739. The molecule has 1 aromatic rings. The van der Waals surface area contributed by atoms with Gasteiger partial charge in [0.25, 0.3) is 0 Å². The molecule has 128 valence electrons. The summed E-state index contributed by atoms with van der Waals surface area (Å²) in [5, 5.41) is 3.52. The number of nitrogens with one attached hydrogen (secondary N) is 1. The summed E-state index contributed by atoms with van der Waals surface area (Å²) in [6.45, 7) is 8.68. The quantitative estimate of drug-likeness (QED) is 0.684. The molecule has 2 atom stereocenters. The van der Waals surface area contributed by atoms with Crippen LogP contribution in [0.5, 0.6) is 0 Å². The molecule has 1 aromatic carbocycles. The van der Waals surface area contributed by atoms with Crippen LogP contribution in [0, 0.1) is 11.8 Å². The number of nitrogens with zero attached hydrogens (tertiary/aromatic N) is 3. The summed E-state index contributed by atoms with van der Waals surface area (Å²) in [6.07, 6.45) is 1.32. The first kappa shape index (κ1) is 17.8. The normalized spacial score (nSPS) is 22.5. The summed E-state index contributed by atoms with van der Waals surface area (Å²) in [7, 11) is 6.08. The molecule has 0 radical (unpaired) electrons. The van der Waals surface area contributed by atoms with Crippen molar-refractivity contribution in [2.24, 2.45) is 16.8 Å². The molecule has 0 bridgehead atoms. The average molecular weight is 316 g/mol. The Hall–Kier alpha value is -1.55. The summed E-state index contributed by atoms with van der Waals surface area (Å²) in [5.41, 5.74) is 2.65. The fourth-order valence-corrected chi connectivity index (χ4v) is 3.48. The van der Waals surface area contributed by atoms with Gasteiger partial charge in [-0.15, -0.1) is 0 Å². The Kier molecular flexibility index (Phi) is 6.46. The second-order valence-electron chi connectivity index (χ2n) is 7.31. The molecule has 1 aliphatic heterocycles. The first-order chi connectivity index (χ1) is 11.0. The number of piperidine rings is 1. The van der Waals surface area contributed by atoms with Crippen LogP contribution in [0.4, 0.5) is 0 Å². The minimum Gasteiger partial charge on any atom is -0.352 e. The van der Waals surface area contributed by atoms with E-state index >= 15 is 0 Å². The molecule has 1 fully saturated rings. The largest absolute Gasteiger partial charge is 0.352 e. The molecule has 0 aromatic heterocycles. The molecule has 0 spiro atoms. The highest BCUT2D eigenvalue weighted by molar-refractivity contribution is 5.80. The van der Waals surface area contributed by atoms with Gasteiger partial charge in [-0.3, -0.25) is 4.99 Å². The molecular weight excluding hydrogens is 284 g/mol. The lowest BCUT2D eigenvalue weighted by molar-refractivity contribution is 0.208. The number of hydrogen-bond donors (Lipinski definition) is 1. The van der Waals surface area contributed by atoms with Crippen LogP contribution in [0.2, 0.25) is 0 Å². The van der Waals surface area contributed by atoms with Gasteiger partial charge in [0.05, 0.1) is 0 Å². The van der Waals surface area contributed by atoms with Crippen molar-refractivity contribution in [2.45, 2.75) is 33.4 Å². The third kappa shape index (κ3) is 5.54. The maximum Gasteiger partial charge on any atom is 0.193 e. The third-order valence-corrected chi connectivity index (χ3v) is 4.35. The van der Waals surface area contributed by atoms with Crippen molar-refractivity contribution >= 4 is 5.96 Å². The van der Waals surface area contributed by atoms with Crippen LogP contribution < -0.4 is 5.32 Å². The Labute approximate surface area is 141 Å². The highest BCUT2D eigenvalue weighted by Crippen LogP contribution is 2.20. The summed E-state index contributed by atoms with van der Waals surface area (Å²) in [6, 6.07) is 8.84. The Morgan fingerprint density at radius 2 is 1.70 bits per heavy atom. The zero-order valence-electron chi connectivity index (χ0n) is 15.3. The molecular formula is C19H32N4. The van der Waals surface area contributed by atoms with E-state index in [0.717, 1.165) is 44.0 Å². The Morgan fingerprint density at radius 1 is 1.13 bits per heavy atom. The predicted molar refractivity (Wildman–Crippen MR) is 98.5 cm³/mol. The van der Waals surface area contributed by atoms with E-state index in [1.807, 2.05) is 7.05 Å². The van der Waals surface area contributed by atoms with Gasteiger partial charge in [0, 0.05) is 33.2 Å². The van der Waals surface area contributed by atoms with Gasteiger partial charge in [-0.05, 0) is 43.5 Å². The van der Waals surface area contributed by atoms with Gasteiger partial charge in [-0.1, -0.05) is 38.1 Å². The molecule has 23 heavy (non-hydrogen) atoms. The topological polar surface area (TPSA) is 30.9 Å². The van der Waals surface area contributed by atoms with Gasteiger partial charge in [0.1, 0.15) is 0 Å². The fraction of sp³-hybridized carbons (Fsp3) is 0.632. The van der Waals surface area contributed by atoms with Crippen molar-refractivity contribution in [1.82, 2.24) is 15.1 Å². The predicted octanol–water partition coefficient (Wildman–Crippen LogP) is 2.80. The number of aliphatic imine (C=N–C) groups is 1. The summed E-state index contributed by atoms with van der Waals surface area (Å²) < 4.78 is 0. The lowest BCUT2D eigenvalue weighted by Crippen LogP contribution is -2.48. The molecule has 1 heterocycles. The first-order valence-corrected chi connectivity index (χ1v) is 8.66. The smallest absolute Gasteiger partial charge is 0.193 e. The number of likely N-dealkylation sites (tertiary alicyclic amines) is 1. The van der Waals surface area contributed by atoms with E-state index in [-0.39, 0.29) is 0 Å². The molecule has 4 nitrogen and oxygen atoms in total. The summed E-state index contributed by atoms with van der Waals surface area (Å²) >= 11 is 0. The average Bonchev–Trinajstić information content (AvgIpc) is 2.48. The molecule has 1 aliphatic rings. The lowest BCUT2D eigenvalue weighted by atomic mass is 9.92. The van der Waals surface area contributed by atoms with Crippen LogP contribution in [0.1, 0.15) is 31.4 Å². The third-order valence-electron chi connectivity index (χ3n) is 4.35. The number of guanidine groups is 1. The number of benzene rings is 1. The van der Waals surface area contributed by atoms with Gasteiger partial charge in [-0.2, -0.15) is 0 Å². The molecule has 0 amide bonds. The first-order valence-electron chi connectivity index (χ1n) is 8.66. The second kappa shape index (κ2) is 8.34. The van der Waals surface area contributed by atoms with E-state index in [0.29, 0.717) is 0 Å². The molecule has 1 N–H and O–H groups in total. The fourth-order valence-electron chi connectivity index (χ4n) is 3.48. The van der Waals surface area contributed by atoms with Crippen LogP contribution in [0.3, 0.4) is 0 Å². The maximum atomic E-state index is 4.48. The van der Waals surface area contributed by atoms with Crippen LogP contribution in [0.15, 0.2) is 29.3 Å². The molecule has 1 saturated heterocycles. The van der Waals surface area contributed by atoms with E-state index in [9.17, 15) is 0 Å². The van der Waals surface area contributed by atoms with Gasteiger partial charge in [0.2, 0.25) is 0 Å². The second-order valence-corrected chi connectivity index (χ2v) is 7.31. The molecule has 0 aliphatic carbocycles. The van der Waals surface area contributed by atoms with Crippen LogP contribution >= 0.6 is 0 Å². The van der Waals surface area contributed by atoms with Crippen molar-refractivity contribution in [2.75, 3.05) is 34.2 Å². The molecule has 2 rings (SSSR count). The van der Waals surface area contributed by atoms with E-state index in [2.05, 4.69) is 72.3 Å². The Morgan fingerprint density at radius 3 is 2.22 bits per heavy atom. The summed E-state index contributed by atoms with van der Waals surface area (Å²) in [5.74, 6) is 2.51. The maximum absolute atomic E-state index is 4.48. The van der Waals surface area contributed by atoms with Crippen LogP contribution in [0.25, 0.3) is 0 Å². The summed E-state index contributed by atoms with van der Waals surface area (Å²) in [4.78, 5) is 9.07. The van der Waals surface area contributed by atoms with Crippen molar-refractivity contribution in [3.05, 3.63) is 35.4 Å². The van der Waals surface area contributed by atoms with Gasteiger partial charge in [-0.25, -0.2) is 0 Å². The molecule has 4 heteroatoms. The molecule has 0 saturated carbocycles. The van der Waals surface area contributed by atoms with Crippen LogP contribution in [-0.4, -0.2) is 50.0 Å². The zero-order chi connectivity index (χ0) is 16.8. The van der Waals surface area contributed by atoms with Gasteiger partial charge >= 0.3 is 0 Å². The zero-order valence-corrected chi connectivity index (χ0v) is 15.3. The van der Waals surface area contributed by atoms with E-state index in [1.54, 1.807) is 0 Å². The van der Waals surface area contributed by atoms with Crippen LogP contribution in [-0.2, 0) is 13.1 Å². The SMILES string of the molecule is CN=C(NCc1ccc(CN(C)C)cc1)N1CC(C)CC(C)C1. The number of rotatable bonds is 4. The number of hydrogen-bond acceptors (Lipinski definition) is 2. The lowest BCUT2D eigenvalue weighted by Gasteiger charge is -2.37. The highest BCUT2D eigenvalue weighted by atomic mass is 15.3. The van der Waals surface area contributed by atoms with Crippen molar-refractivity contribution in [3.63, 3.8) is 0 Å². The Bertz CT molecular complexity index is 497. The van der Waals surface area contributed by atoms with E-state index < -0.39 is 0 Å². The van der Waals surface area contributed by atoms with Crippen molar-refractivity contribution in [1.29, 1.82) is 0 Å². The standard InChI is InChI=1S/C19H32N4/c1-15-10-16(2)13-23(12-15)19(20-3)21-11-17-6-8-18(9-7-17)14-22(4)5/h6-9,15-16H,10-14H2,1-5H3,(H,20,21). The Balaban J connectivity index is 1.90. The van der Waals surface area contributed by atoms with Gasteiger partial charge in [0.15, 0.2) is 5.96 Å². The van der Waals surface area contributed by atoms with Gasteiger partial charge < -0.3 is 15.1 Å². The monoisotopic (exact) mass is 316 g/mol. The van der Waals surface area contributed by atoms with Crippen molar-refractivity contribution in [3.8, 4) is 0 Å². The van der Waals surface area contributed by atoms with E-state index in [1.165, 1.54) is 17.5 Å². The molecule has 2 unspecified atom stereocenters. The minimum atomic E-state index is 0.739. The van der Waals surface area contributed by atoms with Crippen molar-refractivity contribution < 1.29 is 0 Å². The highest BCUT2D eigenvalue weighted by Gasteiger charge is 2.23.